The van der Waals surface area contributed by atoms with Crippen LogP contribution in [0, 0.1) is 11.3 Å². The summed E-state index contributed by atoms with van der Waals surface area (Å²) in [6, 6.07) is 9.35. The monoisotopic (exact) mass is 253 g/mol. The zero-order chi connectivity index (χ0) is 14.4. The molecule has 3 nitrogen and oxygen atoms in total. The Morgan fingerprint density at radius 1 is 1.42 bits per heavy atom. The van der Waals surface area contributed by atoms with E-state index in [0.717, 1.165) is 11.1 Å². The summed E-state index contributed by atoms with van der Waals surface area (Å²) in [5, 5.41) is 9.07. The molecule has 0 aliphatic rings. The molecule has 0 atom stereocenters. The second-order valence-corrected chi connectivity index (χ2v) is 3.87. The van der Waals surface area contributed by atoms with Crippen LogP contribution in [0.4, 0.5) is 0 Å². The molecule has 3 heteroatoms. The molecular weight excluding hydrogens is 238 g/mol. The number of nitrogens with zero attached hydrogens (tertiary/aromatic N) is 1. The first-order chi connectivity index (χ1) is 9.06. The Labute approximate surface area is 113 Å². The van der Waals surface area contributed by atoms with Gasteiger partial charge in [0.2, 0.25) is 0 Å². The lowest BCUT2D eigenvalue weighted by molar-refractivity contribution is -0.135. The number of rotatable bonds is 4. The van der Waals surface area contributed by atoms with Gasteiger partial charge < -0.3 is 4.74 Å². The van der Waals surface area contributed by atoms with Gasteiger partial charge in [0.1, 0.15) is 0 Å². The summed E-state index contributed by atoms with van der Waals surface area (Å²) in [5.41, 5.74) is 2.63. The minimum absolute atomic E-state index is 0.220. The molecule has 1 rings (SSSR count). The average Bonchev–Trinajstić information content (AvgIpc) is 2.46. The molecule has 96 valence electrons. The van der Waals surface area contributed by atoms with Gasteiger partial charge in [0, 0.05) is 11.1 Å². The van der Waals surface area contributed by atoms with Crippen LogP contribution in [0.5, 0.6) is 0 Å². The first kappa shape index (κ1) is 14.5. The Morgan fingerprint density at radius 3 is 2.58 bits per heavy atom. The smallest absolute Gasteiger partial charge is 0.334 e. The molecule has 0 heterocycles. The van der Waals surface area contributed by atoms with Crippen LogP contribution in [0.25, 0.3) is 11.6 Å². The summed E-state index contributed by atoms with van der Waals surface area (Å²) in [7, 11) is 1.30. The minimum atomic E-state index is -0.481. The van der Waals surface area contributed by atoms with Crippen molar-refractivity contribution < 1.29 is 9.53 Å². The fourth-order valence-corrected chi connectivity index (χ4v) is 1.80. The van der Waals surface area contributed by atoms with Gasteiger partial charge in [0.15, 0.2) is 0 Å². The number of benzene rings is 1. The van der Waals surface area contributed by atoms with Crippen LogP contribution in [-0.2, 0) is 9.53 Å². The van der Waals surface area contributed by atoms with Crippen molar-refractivity contribution in [1.82, 2.24) is 0 Å². The molecule has 0 radical (unpaired) electrons. The van der Waals surface area contributed by atoms with Gasteiger partial charge in [-0.3, -0.25) is 0 Å². The van der Waals surface area contributed by atoms with Crippen LogP contribution in [0.1, 0.15) is 18.1 Å². The third kappa shape index (κ3) is 2.99. The van der Waals surface area contributed by atoms with Crippen molar-refractivity contribution in [1.29, 1.82) is 5.26 Å². The molecule has 0 saturated heterocycles. The first-order valence-electron chi connectivity index (χ1n) is 5.67. The molecule has 0 aliphatic carbocycles. The van der Waals surface area contributed by atoms with Crippen LogP contribution in [-0.4, -0.2) is 13.1 Å². The van der Waals surface area contributed by atoms with Crippen molar-refractivity contribution in [3.8, 4) is 6.07 Å². The van der Waals surface area contributed by atoms with Crippen molar-refractivity contribution in [3.63, 3.8) is 0 Å². The second-order valence-electron chi connectivity index (χ2n) is 3.87. The minimum Gasteiger partial charge on any atom is -0.466 e. The fourth-order valence-electron chi connectivity index (χ4n) is 1.80. The van der Waals surface area contributed by atoms with Crippen LogP contribution < -0.4 is 0 Å². The largest absolute Gasteiger partial charge is 0.466 e. The van der Waals surface area contributed by atoms with Crippen LogP contribution >= 0.6 is 0 Å². The lowest BCUT2D eigenvalue weighted by Crippen LogP contribution is -2.06. The summed E-state index contributed by atoms with van der Waals surface area (Å²) >= 11 is 0. The summed E-state index contributed by atoms with van der Waals surface area (Å²) in [4.78, 5) is 11.7. The molecule has 0 saturated carbocycles. The Hall–Kier alpha value is -2.60. The van der Waals surface area contributed by atoms with Gasteiger partial charge in [-0.25, -0.2) is 4.79 Å². The van der Waals surface area contributed by atoms with Crippen molar-refractivity contribution in [2.24, 2.45) is 0 Å². The molecule has 0 aliphatic heterocycles. The molecule has 0 unspecified atom stereocenters. The van der Waals surface area contributed by atoms with E-state index < -0.39 is 5.97 Å². The molecule has 0 amide bonds. The zero-order valence-electron chi connectivity index (χ0n) is 11.1. The number of carbonyl (C=O) groups is 1. The van der Waals surface area contributed by atoms with Crippen molar-refractivity contribution in [2.75, 3.05) is 7.11 Å². The maximum Gasteiger partial charge on any atom is 0.334 e. The van der Waals surface area contributed by atoms with Gasteiger partial charge in [-0.05, 0) is 18.1 Å². The standard InChI is InChI=1S/C16H15NO2/c1-5-13-8-6-7-9-14(13)15(11(2)10-17)12(3)16(18)19-4/h5-9H,1-2H2,3-4H3/b15-12+. The highest BCUT2D eigenvalue weighted by atomic mass is 16.5. The highest BCUT2D eigenvalue weighted by Crippen LogP contribution is 2.29. The maximum absolute atomic E-state index is 11.7. The van der Waals surface area contributed by atoms with E-state index in [1.807, 2.05) is 30.3 Å². The lowest BCUT2D eigenvalue weighted by Gasteiger charge is -2.12. The first-order valence-corrected chi connectivity index (χ1v) is 5.67. The van der Waals surface area contributed by atoms with E-state index in [2.05, 4.69) is 13.2 Å². The topological polar surface area (TPSA) is 50.1 Å². The Kier molecular flexibility index (Phi) is 4.84. The van der Waals surface area contributed by atoms with Crippen molar-refractivity contribution in [2.45, 2.75) is 6.92 Å². The van der Waals surface area contributed by atoms with E-state index in [4.69, 9.17) is 10.00 Å². The quantitative estimate of drug-likeness (QED) is 0.358. The average molecular weight is 253 g/mol. The van der Waals surface area contributed by atoms with E-state index in [1.54, 1.807) is 13.0 Å². The molecule has 1 aromatic rings. The van der Waals surface area contributed by atoms with Gasteiger partial charge in [-0.15, -0.1) is 0 Å². The maximum atomic E-state index is 11.7. The number of hydrogen-bond acceptors (Lipinski definition) is 3. The van der Waals surface area contributed by atoms with E-state index in [1.165, 1.54) is 7.11 Å². The SMILES string of the molecule is C=Cc1ccccc1/C(C(=C)C#N)=C(\C)C(=O)OC. The van der Waals surface area contributed by atoms with Gasteiger partial charge in [0.25, 0.3) is 0 Å². The Morgan fingerprint density at radius 2 is 2.05 bits per heavy atom. The third-order valence-electron chi connectivity index (χ3n) is 2.75. The molecule has 0 N–H and O–H groups in total. The molecule has 0 fully saturated rings. The Bertz CT molecular complexity index is 603. The van der Waals surface area contributed by atoms with Gasteiger partial charge >= 0.3 is 5.97 Å². The van der Waals surface area contributed by atoms with Gasteiger partial charge in [-0.2, -0.15) is 5.26 Å². The van der Waals surface area contributed by atoms with Crippen molar-refractivity contribution >= 4 is 17.6 Å². The van der Waals surface area contributed by atoms with E-state index >= 15 is 0 Å². The summed E-state index contributed by atoms with van der Waals surface area (Å²) in [5.74, 6) is -0.481. The van der Waals surface area contributed by atoms with Gasteiger partial charge in [-0.1, -0.05) is 43.5 Å². The molecule has 0 bridgehead atoms. The molecule has 0 aromatic heterocycles. The second kappa shape index (κ2) is 6.36. The van der Waals surface area contributed by atoms with E-state index in [9.17, 15) is 4.79 Å². The van der Waals surface area contributed by atoms with Gasteiger partial charge in [0.05, 0.1) is 18.8 Å². The van der Waals surface area contributed by atoms with E-state index in [0.29, 0.717) is 11.1 Å². The highest BCUT2D eigenvalue weighted by Gasteiger charge is 2.17. The number of carbonyl (C=O) groups excluding carboxylic acids is 1. The van der Waals surface area contributed by atoms with Crippen LogP contribution in [0.15, 0.2) is 48.6 Å². The number of esters is 1. The lowest BCUT2D eigenvalue weighted by atomic mass is 9.91. The van der Waals surface area contributed by atoms with Crippen LogP contribution in [0.2, 0.25) is 0 Å². The number of hydrogen-bond donors (Lipinski definition) is 0. The van der Waals surface area contributed by atoms with Crippen LogP contribution in [0.3, 0.4) is 0 Å². The number of allylic oxidation sites excluding steroid dienone is 2. The molecular formula is C16H15NO2. The molecule has 1 aromatic carbocycles. The number of ether oxygens (including phenoxy) is 1. The summed E-state index contributed by atoms with van der Waals surface area (Å²) in [6.07, 6.45) is 1.67. The predicted octanol–water partition coefficient (Wildman–Crippen LogP) is 3.36. The molecule has 0 spiro atoms. The molecule has 19 heavy (non-hydrogen) atoms. The summed E-state index contributed by atoms with van der Waals surface area (Å²) in [6.45, 7) is 9.05. The Balaban J connectivity index is 3.59. The predicted molar refractivity (Wildman–Crippen MR) is 75.9 cm³/mol. The highest BCUT2D eigenvalue weighted by molar-refractivity contribution is 6.03. The summed E-state index contributed by atoms with van der Waals surface area (Å²) < 4.78 is 4.71. The fraction of sp³-hybridized carbons (Fsp3) is 0.125. The zero-order valence-corrected chi connectivity index (χ0v) is 11.1. The third-order valence-corrected chi connectivity index (χ3v) is 2.75. The van der Waals surface area contributed by atoms with E-state index in [-0.39, 0.29) is 5.57 Å². The normalized spacial score (nSPS) is 11.0. The van der Waals surface area contributed by atoms with Crippen molar-refractivity contribution in [3.05, 3.63) is 59.7 Å². The number of methoxy groups -OCH3 is 1. The number of nitriles is 1.